The minimum Gasteiger partial charge on any atom is -0.344 e. The van der Waals surface area contributed by atoms with Crippen molar-refractivity contribution in [1.29, 1.82) is 0 Å². The Morgan fingerprint density at radius 3 is 2.18 bits per heavy atom. The summed E-state index contributed by atoms with van der Waals surface area (Å²) >= 11 is 0. The van der Waals surface area contributed by atoms with Gasteiger partial charge in [-0.2, -0.15) is 0 Å². The van der Waals surface area contributed by atoms with Crippen molar-refractivity contribution in [1.82, 2.24) is 15.5 Å². The Morgan fingerprint density at radius 1 is 1.03 bits per heavy atom. The minimum atomic E-state index is -1.27. The first-order valence-electron chi connectivity index (χ1n) is 11.0. The molecule has 1 saturated heterocycles. The van der Waals surface area contributed by atoms with Gasteiger partial charge in [-0.05, 0) is 42.4 Å². The second-order valence-corrected chi connectivity index (χ2v) is 9.69. The van der Waals surface area contributed by atoms with Crippen molar-refractivity contribution in [2.24, 2.45) is 0 Å². The molecule has 0 aliphatic carbocycles. The molecule has 2 atom stereocenters. The zero-order valence-electron chi connectivity index (χ0n) is 19.8. The number of nitrogens with zero attached hydrogens (tertiary/aromatic N) is 1. The first kappa shape index (κ1) is 24.2. The highest BCUT2D eigenvalue weighted by molar-refractivity contribution is 6.09. The van der Waals surface area contributed by atoms with E-state index in [0.717, 1.165) is 16.0 Å². The van der Waals surface area contributed by atoms with E-state index in [4.69, 9.17) is 0 Å². The van der Waals surface area contributed by atoms with Crippen molar-refractivity contribution >= 4 is 23.6 Å². The first-order valence-corrected chi connectivity index (χ1v) is 11.0. The summed E-state index contributed by atoms with van der Waals surface area (Å²) in [5.74, 6) is -1.27. The number of benzene rings is 2. The van der Waals surface area contributed by atoms with Crippen molar-refractivity contribution < 1.29 is 19.2 Å². The molecule has 0 radical (unpaired) electrons. The molecule has 174 valence electrons. The van der Waals surface area contributed by atoms with Gasteiger partial charge < -0.3 is 10.6 Å². The molecular formula is C26H31N3O4. The quantitative estimate of drug-likeness (QED) is 0.635. The van der Waals surface area contributed by atoms with Crippen LogP contribution in [0, 0.1) is 0 Å². The van der Waals surface area contributed by atoms with Crippen LogP contribution in [0.15, 0.2) is 54.6 Å². The molecule has 2 aromatic rings. The molecule has 2 N–H and O–H groups in total. The van der Waals surface area contributed by atoms with Crippen molar-refractivity contribution in [2.45, 2.75) is 58.0 Å². The fourth-order valence-electron chi connectivity index (χ4n) is 3.87. The molecule has 0 aromatic heterocycles. The fourth-order valence-corrected chi connectivity index (χ4v) is 3.87. The molecule has 1 fully saturated rings. The SMILES string of the molecule is CC(=O)[C@H](Cc1ccccc1)NC(=O)CN1C(=O)N[C@@](C)(c2ccc(C(C)(C)C)cc2)C1=O. The highest BCUT2D eigenvalue weighted by atomic mass is 16.2. The van der Waals surface area contributed by atoms with E-state index in [0.29, 0.717) is 12.0 Å². The molecule has 33 heavy (non-hydrogen) atoms. The van der Waals surface area contributed by atoms with E-state index < -0.39 is 36.0 Å². The van der Waals surface area contributed by atoms with Crippen LogP contribution in [0.4, 0.5) is 4.79 Å². The van der Waals surface area contributed by atoms with Crippen LogP contribution in [0.2, 0.25) is 0 Å². The maximum atomic E-state index is 13.2. The number of nitrogens with one attached hydrogen (secondary N) is 2. The zero-order valence-corrected chi connectivity index (χ0v) is 19.8. The number of carbonyl (C=O) groups excluding carboxylic acids is 4. The highest BCUT2D eigenvalue weighted by Gasteiger charge is 2.49. The summed E-state index contributed by atoms with van der Waals surface area (Å²) in [5.41, 5.74) is 1.34. The van der Waals surface area contributed by atoms with Crippen LogP contribution in [0.3, 0.4) is 0 Å². The number of ketones is 1. The number of imide groups is 1. The molecule has 7 heteroatoms. The lowest BCUT2D eigenvalue weighted by Crippen LogP contribution is -2.48. The normalized spacial score (nSPS) is 19.2. The van der Waals surface area contributed by atoms with Gasteiger partial charge in [0.25, 0.3) is 5.91 Å². The van der Waals surface area contributed by atoms with E-state index >= 15 is 0 Å². The van der Waals surface area contributed by atoms with Gasteiger partial charge in [0.2, 0.25) is 5.91 Å². The molecule has 7 nitrogen and oxygen atoms in total. The third kappa shape index (κ3) is 5.30. The smallest absolute Gasteiger partial charge is 0.325 e. The average molecular weight is 450 g/mol. The predicted octanol–water partition coefficient (Wildman–Crippen LogP) is 3.07. The Labute approximate surface area is 194 Å². The molecule has 0 unspecified atom stereocenters. The lowest BCUT2D eigenvalue weighted by atomic mass is 9.84. The Kier molecular flexibility index (Phi) is 6.72. The van der Waals surface area contributed by atoms with Crippen LogP contribution in [0.1, 0.15) is 51.3 Å². The molecule has 1 aliphatic heterocycles. The van der Waals surface area contributed by atoms with Crippen LogP contribution in [0.5, 0.6) is 0 Å². The van der Waals surface area contributed by atoms with Crippen molar-refractivity contribution in [3.8, 4) is 0 Å². The molecule has 3 rings (SSSR count). The van der Waals surface area contributed by atoms with Gasteiger partial charge in [0.15, 0.2) is 5.78 Å². The summed E-state index contributed by atoms with van der Waals surface area (Å²) in [7, 11) is 0. The van der Waals surface area contributed by atoms with Crippen LogP contribution in [0.25, 0.3) is 0 Å². The number of hydrogen-bond acceptors (Lipinski definition) is 4. The van der Waals surface area contributed by atoms with Gasteiger partial charge in [0.05, 0.1) is 6.04 Å². The molecule has 2 aromatic carbocycles. The topological polar surface area (TPSA) is 95.6 Å². The van der Waals surface area contributed by atoms with Gasteiger partial charge in [-0.1, -0.05) is 75.4 Å². The first-order chi connectivity index (χ1) is 15.4. The maximum absolute atomic E-state index is 13.2. The van der Waals surface area contributed by atoms with Gasteiger partial charge in [-0.25, -0.2) is 4.79 Å². The molecule has 1 aliphatic rings. The zero-order chi connectivity index (χ0) is 24.4. The molecular weight excluding hydrogens is 418 g/mol. The molecule has 0 saturated carbocycles. The van der Waals surface area contributed by atoms with E-state index in [1.165, 1.54) is 6.92 Å². The largest absolute Gasteiger partial charge is 0.344 e. The minimum absolute atomic E-state index is 0.0422. The summed E-state index contributed by atoms with van der Waals surface area (Å²) in [5, 5.41) is 5.38. The standard InChI is InChI=1S/C26H31N3O4/c1-17(30)21(15-18-9-7-6-8-10-18)27-22(31)16-29-23(32)26(5,28-24(29)33)20-13-11-19(12-14-20)25(2,3)4/h6-14,21H,15-16H2,1-5H3,(H,27,31)(H,28,33)/t21-,26-/m0/s1. The Bertz CT molecular complexity index is 1060. The second-order valence-electron chi connectivity index (χ2n) is 9.69. The summed E-state index contributed by atoms with van der Waals surface area (Å²) in [6.45, 7) is 8.86. The summed E-state index contributed by atoms with van der Waals surface area (Å²) in [6, 6.07) is 15.5. The van der Waals surface area contributed by atoms with Crippen molar-refractivity contribution in [2.75, 3.05) is 6.54 Å². The lowest BCUT2D eigenvalue weighted by molar-refractivity contribution is -0.135. The molecule has 0 bridgehead atoms. The van der Waals surface area contributed by atoms with Crippen LogP contribution >= 0.6 is 0 Å². The second kappa shape index (κ2) is 9.17. The lowest BCUT2D eigenvalue weighted by Gasteiger charge is -2.25. The van der Waals surface area contributed by atoms with E-state index in [-0.39, 0.29) is 11.2 Å². The number of Topliss-reactive ketones (excluding diaryl/α,β-unsaturated/α-hetero) is 1. The molecule has 0 spiro atoms. The van der Waals surface area contributed by atoms with Gasteiger partial charge in [0.1, 0.15) is 12.1 Å². The number of hydrogen-bond donors (Lipinski definition) is 2. The number of urea groups is 1. The Balaban J connectivity index is 1.71. The van der Waals surface area contributed by atoms with Crippen molar-refractivity contribution in [3.05, 3.63) is 71.3 Å². The number of rotatable bonds is 7. The summed E-state index contributed by atoms with van der Waals surface area (Å²) in [4.78, 5) is 51.4. The number of carbonyl (C=O) groups is 4. The highest BCUT2D eigenvalue weighted by Crippen LogP contribution is 2.31. The molecule has 1 heterocycles. The van der Waals surface area contributed by atoms with E-state index in [2.05, 4.69) is 31.4 Å². The van der Waals surface area contributed by atoms with Gasteiger partial charge in [0, 0.05) is 0 Å². The van der Waals surface area contributed by atoms with Crippen LogP contribution in [-0.4, -0.2) is 41.1 Å². The number of amides is 4. The molecule has 4 amide bonds. The third-order valence-electron chi connectivity index (χ3n) is 6.01. The average Bonchev–Trinajstić information content (AvgIpc) is 2.97. The van der Waals surface area contributed by atoms with E-state index in [9.17, 15) is 19.2 Å². The predicted molar refractivity (Wildman–Crippen MR) is 125 cm³/mol. The summed E-state index contributed by atoms with van der Waals surface area (Å²) < 4.78 is 0. The Morgan fingerprint density at radius 2 is 1.64 bits per heavy atom. The van der Waals surface area contributed by atoms with Gasteiger partial charge >= 0.3 is 6.03 Å². The van der Waals surface area contributed by atoms with Crippen LogP contribution in [-0.2, 0) is 31.8 Å². The monoisotopic (exact) mass is 449 g/mol. The fraction of sp³-hybridized carbons (Fsp3) is 0.385. The third-order valence-corrected chi connectivity index (χ3v) is 6.01. The van der Waals surface area contributed by atoms with Crippen molar-refractivity contribution in [3.63, 3.8) is 0 Å². The van der Waals surface area contributed by atoms with E-state index in [1.807, 2.05) is 54.6 Å². The summed E-state index contributed by atoms with van der Waals surface area (Å²) in [6.07, 6.45) is 0.333. The Hall–Kier alpha value is -3.48. The van der Waals surface area contributed by atoms with Gasteiger partial charge in [-0.15, -0.1) is 0 Å². The maximum Gasteiger partial charge on any atom is 0.325 e. The van der Waals surface area contributed by atoms with Crippen LogP contribution < -0.4 is 10.6 Å². The van der Waals surface area contributed by atoms with E-state index in [1.54, 1.807) is 6.92 Å². The van der Waals surface area contributed by atoms with Gasteiger partial charge in [-0.3, -0.25) is 19.3 Å².